The molecular weight excluding hydrogens is 250 g/mol. The van der Waals surface area contributed by atoms with E-state index in [0.29, 0.717) is 23.7 Å². The van der Waals surface area contributed by atoms with Crippen LogP contribution in [0.15, 0.2) is 12.1 Å². The fourth-order valence-electron chi connectivity index (χ4n) is 1.96. The lowest BCUT2D eigenvalue weighted by atomic mass is 9.99. The zero-order valence-corrected chi connectivity index (χ0v) is 11.3. The average molecular weight is 269 g/mol. The first-order chi connectivity index (χ1) is 9.04. The highest BCUT2D eigenvalue weighted by Gasteiger charge is 2.22. The van der Waals surface area contributed by atoms with Crippen molar-refractivity contribution in [2.75, 3.05) is 21.3 Å². The molecule has 0 amide bonds. The Balaban J connectivity index is 3.29. The van der Waals surface area contributed by atoms with Crippen molar-refractivity contribution in [2.45, 2.75) is 19.1 Å². The lowest BCUT2D eigenvalue weighted by molar-refractivity contribution is -0.137. The molecule has 6 nitrogen and oxygen atoms in total. The largest absolute Gasteiger partial charge is 0.496 e. The number of aliphatic carboxylic acids is 1. The summed E-state index contributed by atoms with van der Waals surface area (Å²) in [4.78, 5) is 10.8. The first-order valence-electron chi connectivity index (χ1n) is 5.75. The number of benzene rings is 1. The van der Waals surface area contributed by atoms with Crippen molar-refractivity contribution in [3.63, 3.8) is 0 Å². The number of carboxylic acid groups (broad SMARTS) is 1. The average Bonchev–Trinajstić information content (AvgIpc) is 2.37. The van der Waals surface area contributed by atoms with Gasteiger partial charge in [0.15, 0.2) is 0 Å². The van der Waals surface area contributed by atoms with Gasteiger partial charge < -0.3 is 25.1 Å². The highest BCUT2D eigenvalue weighted by molar-refractivity contribution is 5.69. The third-order valence-corrected chi connectivity index (χ3v) is 2.73. The highest BCUT2D eigenvalue weighted by Crippen LogP contribution is 2.37. The molecule has 106 valence electrons. The molecule has 0 bridgehead atoms. The van der Waals surface area contributed by atoms with Crippen LogP contribution in [0.2, 0.25) is 0 Å². The van der Waals surface area contributed by atoms with E-state index in [-0.39, 0.29) is 6.42 Å². The van der Waals surface area contributed by atoms with Gasteiger partial charge >= 0.3 is 5.97 Å². The van der Waals surface area contributed by atoms with Crippen molar-refractivity contribution in [3.8, 4) is 11.5 Å². The smallest absolute Gasteiger partial charge is 0.305 e. The molecule has 0 saturated carbocycles. The predicted octanol–water partition coefficient (Wildman–Crippen LogP) is 1.32. The third-order valence-electron chi connectivity index (χ3n) is 2.73. The van der Waals surface area contributed by atoms with Crippen LogP contribution in [-0.4, -0.2) is 32.4 Å². The molecule has 0 heterocycles. The van der Waals surface area contributed by atoms with E-state index in [9.17, 15) is 4.79 Å². The Hall–Kier alpha value is -1.79. The van der Waals surface area contributed by atoms with Crippen molar-refractivity contribution in [3.05, 3.63) is 23.3 Å². The molecule has 0 aliphatic carbocycles. The van der Waals surface area contributed by atoms with E-state index in [4.69, 9.17) is 25.1 Å². The Morgan fingerprint density at radius 1 is 1.32 bits per heavy atom. The standard InChI is InChI=1S/C13H19NO5/c1-17-7-8-4-5-10(18-2)12(13(8)19-3)9(14)6-11(15)16/h4-5,9H,6-7,14H2,1-3H3,(H,15,16). The molecule has 0 spiro atoms. The van der Waals surface area contributed by atoms with Crippen molar-refractivity contribution < 1.29 is 24.1 Å². The first kappa shape index (κ1) is 15.3. The van der Waals surface area contributed by atoms with Crippen LogP contribution in [0.25, 0.3) is 0 Å². The molecule has 0 radical (unpaired) electrons. The normalized spacial score (nSPS) is 12.0. The van der Waals surface area contributed by atoms with E-state index in [1.54, 1.807) is 19.2 Å². The lowest BCUT2D eigenvalue weighted by Crippen LogP contribution is -2.17. The Morgan fingerprint density at radius 2 is 2.00 bits per heavy atom. The number of nitrogens with two attached hydrogens (primary N) is 1. The Morgan fingerprint density at radius 3 is 2.47 bits per heavy atom. The van der Waals surface area contributed by atoms with Gasteiger partial charge in [-0.2, -0.15) is 0 Å². The Labute approximate surface area is 112 Å². The van der Waals surface area contributed by atoms with Crippen LogP contribution in [-0.2, 0) is 16.1 Å². The quantitative estimate of drug-likeness (QED) is 0.776. The molecule has 0 aliphatic heterocycles. The lowest BCUT2D eigenvalue weighted by Gasteiger charge is -2.20. The number of ether oxygens (including phenoxy) is 3. The third kappa shape index (κ3) is 3.59. The minimum atomic E-state index is -0.978. The second-order valence-electron chi connectivity index (χ2n) is 4.01. The molecule has 0 aromatic heterocycles. The number of hydrogen-bond donors (Lipinski definition) is 2. The van der Waals surface area contributed by atoms with Crippen LogP contribution in [0, 0.1) is 0 Å². The summed E-state index contributed by atoms with van der Waals surface area (Å²) in [7, 11) is 4.58. The number of rotatable bonds is 7. The van der Waals surface area contributed by atoms with E-state index in [0.717, 1.165) is 5.56 Å². The molecule has 1 unspecified atom stereocenters. The molecule has 1 rings (SSSR count). The molecule has 1 aromatic rings. The molecule has 1 aromatic carbocycles. The maximum Gasteiger partial charge on any atom is 0.305 e. The number of carbonyl (C=O) groups is 1. The summed E-state index contributed by atoms with van der Waals surface area (Å²) in [6.45, 7) is 0.347. The molecule has 0 saturated heterocycles. The topological polar surface area (TPSA) is 91.0 Å². The van der Waals surface area contributed by atoms with Crippen molar-refractivity contribution in [2.24, 2.45) is 5.73 Å². The van der Waals surface area contributed by atoms with Crippen LogP contribution in [0.1, 0.15) is 23.6 Å². The van der Waals surface area contributed by atoms with Crippen LogP contribution in [0.4, 0.5) is 0 Å². The van der Waals surface area contributed by atoms with Gasteiger partial charge in [0.1, 0.15) is 11.5 Å². The van der Waals surface area contributed by atoms with Crippen molar-refractivity contribution in [1.82, 2.24) is 0 Å². The summed E-state index contributed by atoms with van der Waals surface area (Å²) in [5.41, 5.74) is 7.27. The maximum absolute atomic E-state index is 10.8. The van der Waals surface area contributed by atoms with Gasteiger partial charge in [0.25, 0.3) is 0 Å². The van der Waals surface area contributed by atoms with Gasteiger partial charge in [0.2, 0.25) is 0 Å². The van der Waals surface area contributed by atoms with Gasteiger partial charge in [-0.1, -0.05) is 0 Å². The minimum Gasteiger partial charge on any atom is -0.496 e. The molecule has 1 atom stereocenters. The van der Waals surface area contributed by atoms with Gasteiger partial charge in [0, 0.05) is 18.7 Å². The zero-order chi connectivity index (χ0) is 14.4. The SMILES string of the molecule is COCc1ccc(OC)c(C(N)CC(=O)O)c1OC. The molecule has 0 aliphatic rings. The monoisotopic (exact) mass is 269 g/mol. The van der Waals surface area contributed by atoms with Gasteiger partial charge in [-0.15, -0.1) is 0 Å². The van der Waals surface area contributed by atoms with E-state index in [1.807, 2.05) is 0 Å². The van der Waals surface area contributed by atoms with Crippen LogP contribution >= 0.6 is 0 Å². The summed E-state index contributed by atoms with van der Waals surface area (Å²) in [6, 6.07) is 2.82. The summed E-state index contributed by atoms with van der Waals surface area (Å²) >= 11 is 0. The molecule has 3 N–H and O–H groups in total. The van der Waals surface area contributed by atoms with Gasteiger partial charge in [0.05, 0.1) is 32.8 Å². The summed E-state index contributed by atoms with van der Waals surface area (Å²) in [5, 5.41) is 8.86. The van der Waals surface area contributed by atoms with Gasteiger partial charge in [-0.25, -0.2) is 0 Å². The Kier molecular flexibility index (Phi) is 5.59. The highest BCUT2D eigenvalue weighted by atomic mass is 16.5. The van der Waals surface area contributed by atoms with E-state index >= 15 is 0 Å². The van der Waals surface area contributed by atoms with Crippen molar-refractivity contribution >= 4 is 5.97 Å². The maximum atomic E-state index is 10.8. The Bertz CT molecular complexity index is 447. The second-order valence-corrected chi connectivity index (χ2v) is 4.01. The van der Waals surface area contributed by atoms with E-state index in [1.165, 1.54) is 14.2 Å². The molecular formula is C13H19NO5. The van der Waals surface area contributed by atoms with Crippen molar-refractivity contribution in [1.29, 1.82) is 0 Å². The predicted molar refractivity (Wildman–Crippen MR) is 69.4 cm³/mol. The van der Waals surface area contributed by atoms with E-state index in [2.05, 4.69) is 0 Å². The summed E-state index contributed by atoms with van der Waals surface area (Å²) in [5.74, 6) is 0.0363. The van der Waals surface area contributed by atoms with Crippen LogP contribution in [0.5, 0.6) is 11.5 Å². The van der Waals surface area contributed by atoms with E-state index < -0.39 is 12.0 Å². The first-order valence-corrected chi connectivity index (χ1v) is 5.75. The fourth-order valence-corrected chi connectivity index (χ4v) is 1.96. The molecule has 6 heteroatoms. The summed E-state index contributed by atoms with van der Waals surface area (Å²) in [6.07, 6.45) is -0.205. The summed E-state index contributed by atoms with van der Waals surface area (Å²) < 4.78 is 15.7. The number of hydrogen-bond acceptors (Lipinski definition) is 5. The number of methoxy groups -OCH3 is 3. The number of carboxylic acids is 1. The van der Waals surface area contributed by atoms with Crippen LogP contribution < -0.4 is 15.2 Å². The fraction of sp³-hybridized carbons (Fsp3) is 0.462. The van der Waals surface area contributed by atoms with Gasteiger partial charge in [-0.3, -0.25) is 4.79 Å². The van der Waals surface area contributed by atoms with Gasteiger partial charge in [-0.05, 0) is 12.1 Å². The molecule has 0 fully saturated rings. The zero-order valence-electron chi connectivity index (χ0n) is 11.3. The van der Waals surface area contributed by atoms with Crippen LogP contribution in [0.3, 0.4) is 0 Å². The minimum absolute atomic E-state index is 0.205. The second kappa shape index (κ2) is 6.96. The molecule has 19 heavy (non-hydrogen) atoms.